The Bertz CT molecular complexity index is 460. The summed E-state index contributed by atoms with van der Waals surface area (Å²) in [7, 11) is 0. The van der Waals surface area contributed by atoms with Crippen LogP contribution in [0, 0.1) is 0 Å². The van der Waals surface area contributed by atoms with Crippen LogP contribution in [0.15, 0.2) is 18.2 Å². The standard InChI is InChI=1S/C15H19F3O3/c16-15(17,18)10-20-7-2-8-21-12-6-5-11-3-1-4-14(19)13(11)9-12/h5-6,9,14,19H,1-4,7-8,10H2/t14-/m1/s1. The molecule has 1 aromatic rings. The Kier molecular flexibility index (Phi) is 5.47. The van der Waals surface area contributed by atoms with Crippen molar-refractivity contribution in [2.45, 2.75) is 38.0 Å². The van der Waals surface area contributed by atoms with Gasteiger partial charge in [0, 0.05) is 6.42 Å². The zero-order valence-corrected chi connectivity index (χ0v) is 11.7. The minimum Gasteiger partial charge on any atom is -0.493 e. The molecule has 1 aromatic carbocycles. The van der Waals surface area contributed by atoms with E-state index in [0.717, 1.165) is 30.4 Å². The van der Waals surface area contributed by atoms with E-state index < -0.39 is 18.9 Å². The second kappa shape index (κ2) is 7.13. The third-order valence-electron chi connectivity index (χ3n) is 3.37. The van der Waals surface area contributed by atoms with Crippen LogP contribution in [0.2, 0.25) is 0 Å². The minimum absolute atomic E-state index is 0.00702. The first-order valence-electron chi connectivity index (χ1n) is 7.04. The van der Waals surface area contributed by atoms with E-state index in [1.54, 1.807) is 0 Å². The molecule has 0 saturated carbocycles. The van der Waals surface area contributed by atoms with Crippen molar-refractivity contribution in [3.8, 4) is 5.75 Å². The minimum atomic E-state index is -4.28. The molecule has 0 heterocycles. The van der Waals surface area contributed by atoms with E-state index in [1.807, 2.05) is 18.2 Å². The quantitative estimate of drug-likeness (QED) is 0.819. The third kappa shape index (κ3) is 5.21. The summed E-state index contributed by atoms with van der Waals surface area (Å²) in [5, 5.41) is 9.92. The topological polar surface area (TPSA) is 38.7 Å². The Morgan fingerprint density at radius 1 is 1.24 bits per heavy atom. The third-order valence-corrected chi connectivity index (χ3v) is 3.37. The molecule has 118 valence electrons. The molecule has 0 aromatic heterocycles. The van der Waals surface area contributed by atoms with Crippen LogP contribution in [0.25, 0.3) is 0 Å². The van der Waals surface area contributed by atoms with Crippen molar-refractivity contribution in [2.75, 3.05) is 19.8 Å². The number of halogens is 3. The highest BCUT2D eigenvalue weighted by molar-refractivity contribution is 5.38. The molecule has 0 saturated heterocycles. The van der Waals surface area contributed by atoms with Gasteiger partial charge >= 0.3 is 6.18 Å². The fourth-order valence-corrected chi connectivity index (χ4v) is 2.38. The van der Waals surface area contributed by atoms with Gasteiger partial charge in [0.2, 0.25) is 0 Å². The smallest absolute Gasteiger partial charge is 0.411 e. The number of hydrogen-bond donors (Lipinski definition) is 1. The molecule has 1 aliphatic carbocycles. The Morgan fingerprint density at radius 2 is 2.05 bits per heavy atom. The Hall–Kier alpha value is -1.27. The summed E-state index contributed by atoms with van der Waals surface area (Å²) in [5.41, 5.74) is 2.03. The normalized spacial score (nSPS) is 18.4. The lowest BCUT2D eigenvalue weighted by molar-refractivity contribution is -0.174. The van der Waals surface area contributed by atoms with Gasteiger partial charge in [-0.25, -0.2) is 0 Å². The van der Waals surface area contributed by atoms with Gasteiger partial charge in [-0.2, -0.15) is 13.2 Å². The van der Waals surface area contributed by atoms with Gasteiger partial charge in [0.15, 0.2) is 0 Å². The molecule has 0 aliphatic heterocycles. The summed E-state index contributed by atoms with van der Waals surface area (Å²) in [5.74, 6) is 0.630. The van der Waals surface area contributed by atoms with E-state index in [9.17, 15) is 18.3 Å². The van der Waals surface area contributed by atoms with Crippen LogP contribution in [0.4, 0.5) is 13.2 Å². The van der Waals surface area contributed by atoms with Gasteiger partial charge in [-0.1, -0.05) is 6.07 Å². The highest BCUT2D eigenvalue weighted by Crippen LogP contribution is 2.32. The Morgan fingerprint density at radius 3 is 2.81 bits per heavy atom. The lowest BCUT2D eigenvalue weighted by Crippen LogP contribution is -2.18. The lowest BCUT2D eigenvalue weighted by atomic mass is 9.89. The SMILES string of the molecule is O[C@@H]1CCCc2ccc(OCCCOCC(F)(F)F)cc21. The van der Waals surface area contributed by atoms with E-state index in [-0.39, 0.29) is 13.2 Å². The maximum Gasteiger partial charge on any atom is 0.411 e. The van der Waals surface area contributed by atoms with Crippen molar-refractivity contribution in [3.05, 3.63) is 29.3 Å². The summed E-state index contributed by atoms with van der Waals surface area (Å²) >= 11 is 0. The number of aryl methyl sites for hydroxylation is 1. The Labute approximate surface area is 121 Å². The van der Waals surface area contributed by atoms with E-state index in [4.69, 9.17) is 4.74 Å². The van der Waals surface area contributed by atoms with Gasteiger partial charge in [0.05, 0.1) is 19.3 Å². The molecule has 0 fully saturated rings. The first-order chi connectivity index (χ1) is 9.96. The number of benzene rings is 1. The predicted molar refractivity (Wildman–Crippen MR) is 71.3 cm³/mol. The van der Waals surface area contributed by atoms with Crippen molar-refractivity contribution < 1.29 is 27.8 Å². The molecule has 1 atom stereocenters. The van der Waals surface area contributed by atoms with Gasteiger partial charge in [0.1, 0.15) is 12.4 Å². The molecule has 0 amide bonds. The van der Waals surface area contributed by atoms with Crippen LogP contribution in [0.3, 0.4) is 0 Å². The second-order valence-corrected chi connectivity index (χ2v) is 5.14. The van der Waals surface area contributed by atoms with Gasteiger partial charge in [-0.05, 0) is 42.5 Å². The van der Waals surface area contributed by atoms with E-state index in [2.05, 4.69) is 4.74 Å². The number of hydrogen-bond acceptors (Lipinski definition) is 3. The maximum absolute atomic E-state index is 11.8. The van der Waals surface area contributed by atoms with Gasteiger partial charge in [-0.3, -0.25) is 0 Å². The summed E-state index contributed by atoms with van der Waals surface area (Å²) in [6, 6.07) is 5.58. The van der Waals surface area contributed by atoms with E-state index in [0.29, 0.717) is 12.2 Å². The number of aliphatic hydroxyl groups excluding tert-OH is 1. The highest BCUT2D eigenvalue weighted by atomic mass is 19.4. The summed E-state index contributed by atoms with van der Waals surface area (Å²) in [6.07, 6.45) is -1.66. The number of alkyl halides is 3. The first-order valence-corrected chi connectivity index (χ1v) is 7.04. The van der Waals surface area contributed by atoms with Crippen LogP contribution in [-0.2, 0) is 11.2 Å². The molecule has 1 aliphatic rings. The van der Waals surface area contributed by atoms with Gasteiger partial charge in [-0.15, -0.1) is 0 Å². The lowest BCUT2D eigenvalue weighted by Gasteiger charge is -2.22. The van der Waals surface area contributed by atoms with Crippen molar-refractivity contribution in [3.63, 3.8) is 0 Å². The summed E-state index contributed by atoms with van der Waals surface area (Å²) < 4.78 is 45.5. The van der Waals surface area contributed by atoms with Crippen molar-refractivity contribution >= 4 is 0 Å². The van der Waals surface area contributed by atoms with Crippen LogP contribution in [0.1, 0.15) is 36.5 Å². The maximum atomic E-state index is 11.8. The molecule has 0 radical (unpaired) electrons. The largest absolute Gasteiger partial charge is 0.493 e. The molecule has 0 unspecified atom stereocenters. The fraction of sp³-hybridized carbons (Fsp3) is 0.600. The van der Waals surface area contributed by atoms with Crippen molar-refractivity contribution in [1.82, 2.24) is 0 Å². The molecular formula is C15H19F3O3. The molecule has 21 heavy (non-hydrogen) atoms. The number of fused-ring (bicyclic) bond motifs is 1. The molecule has 0 spiro atoms. The molecule has 1 N–H and O–H groups in total. The van der Waals surface area contributed by atoms with Crippen LogP contribution >= 0.6 is 0 Å². The van der Waals surface area contributed by atoms with Crippen LogP contribution in [-0.4, -0.2) is 31.1 Å². The molecule has 3 nitrogen and oxygen atoms in total. The highest BCUT2D eigenvalue weighted by Gasteiger charge is 2.27. The van der Waals surface area contributed by atoms with Crippen molar-refractivity contribution in [2.24, 2.45) is 0 Å². The van der Waals surface area contributed by atoms with Crippen LogP contribution in [0.5, 0.6) is 5.75 Å². The Balaban J connectivity index is 1.73. The average Bonchev–Trinajstić information content (AvgIpc) is 2.42. The first kappa shape index (κ1) is 16.1. The number of aliphatic hydroxyl groups is 1. The molecule has 0 bridgehead atoms. The van der Waals surface area contributed by atoms with E-state index >= 15 is 0 Å². The van der Waals surface area contributed by atoms with Crippen LogP contribution < -0.4 is 4.74 Å². The molecule has 6 heteroatoms. The van der Waals surface area contributed by atoms with E-state index in [1.165, 1.54) is 0 Å². The van der Waals surface area contributed by atoms with Crippen molar-refractivity contribution in [1.29, 1.82) is 0 Å². The monoisotopic (exact) mass is 304 g/mol. The number of ether oxygens (including phenoxy) is 2. The molecular weight excluding hydrogens is 285 g/mol. The van der Waals surface area contributed by atoms with Gasteiger partial charge < -0.3 is 14.6 Å². The average molecular weight is 304 g/mol. The number of rotatable bonds is 6. The van der Waals surface area contributed by atoms with Gasteiger partial charge in [0.25, 0.3) is 0 Å². The zero-order valence-electron chi connectivity index (χ0n) is 11.7. The summed E-state index contributed by atoms with van der Waals surface area (Å²) in [4.78, 5) is 0. The molecule has 2 rings (SSSR count). The second-order valence-electron chi connectivity index (χ2n) is 5.14. The predicted octanol–water partition coefficient (Wildman–Crippen LogP) is 3.40. The summed E-state index contributed by atoms with van der Waals surface area (Å²) in [6.45, 7) is -0.933. The zero-order chi connectivity index (χ0) is 15.3. The fourth-order valence-electron chi connectivity index (χ4n) is 2.38.